The number of hydrogen-bond donors (Lipinski definition) is 0. The summed E-state index contributed by atoms with van der Waals surface area (Å²) in [5.74, 6) is 0. The Balaban J connectivity index is 3.79. The molecule has 66 valence electrons. The van der Waals surface area contributed by atoms with E-state index in [4.69, 9.17) is 0 Å². The summed E-state index contributed by atoms with van der Waals surface area (Å²) in [7, 11) is 0.0632. The van der Waals surface area contributed by atoms with Gasteiger partial charge >= 0.3 is 0 Å². The molecule has 1 heteroatoms. The predicted molar refractivity (Wildman–Crippen MR) is 57.0 cm³/mol. The summed E-state index contributed by atoms with van der Waals surface area (Å²) in [4.78, 5) is 0. The molecular weight excluding hydrogens is 148 g/mol. The van der Waals surface area contributed by atoms with Crippen LogP contribution in [0, 0.1) is 5.41 Å². The molecule has 0 nitrogen and oxygen atoms in total. The van der Waals surface area contributed by atoms with E-state index in [9.17, 15) is 0 Å². The number of allylic oxidation sites excluding steroid dienone is 1. The number of hydrogen-bond acceptors (Lipinski definition) is 0. The predicted octanol–water partition coefficient (Wildman–Crippen LogP) is 3.00. The van der Waals surface area contributed by atoms with Gasteiger partial charge in [0.25, 0.3) is 0 Å². The lowest BCUT2D eigenvalue weighted by Crippen LogP contribution is -2.16. The van der Waals surface area contributed by atoms with Crippen molar-refractivity contribution >= 4 is 9.52 Å². The minimum absolute atomic E-state index is 0.0632. The Morgan fingerprint density at radius 1 is 1.18 bits per heavy atom. The topological polar surface area (TPSA) is 0 Å². The van der Waals surface area contributed by atoms with E-state index < -0.39 is 0 Å². The first-order valence-corrected chi connectivity index (χ1v) is 6.11. The van der Waals surface area contributed by atoms with Gasteiger partial charge in [0, 0.05) is 9.52 Å². The van der Waals surface area contributed by atoms with E-state index in [0.717, 1.165) is 0 Å². The molecule has 0 amide bonds. The molecule has 0 saturated carbocycles. The zero-order chi connectivity index (χ0) is 9.12. The Bertz CT molecular complexity index is 128. The smallest absolute Gasteiger partial charge is 0.0268 e. The normalized spacial score (nSPS) is 14.3. The molecule has 0 atom stereocenters. The monoisotopic (exact) mass is 170 g/mol. The van der Waals surface area contributed by atoms with E-state index in [1.54, 1.807) is 0 Å². The van der Waals surface area contributed by atoms with Gasteiger partial charge in [0.05, 0.1) is 0 Å². The van der Waals surface area contributed by atoms with E-state index in [0.29, 0.717) is 10.5 Å². The Kier molecular flexibility index (Phi) is 3.56. The van der Waals surface area contributed by atoms with Crippen LogP contribution in [0.1, 0.15) is 34.6 Å². The molecule has 0 radical (unpaired) electrons. The molecule has 0 bridgehead atoms. The van der Waals surface area contributed by atoms with Crippen LogP contribution in [0.3, 0.4) is 0 Å². The summed E-state index contributed by atoms with van der Waals surface area (Å²) in [6, 6.07) is 1.38. The first-order chi connectivity index (χ1) is 4.77. The maximum atomic E-state index is 3.86. The molecule has 0 aromatic heterocycles. The van der Waals surface area contributed by atoms with Crippen LogP contribution in [0.5, 0.6) is 0 Å². The van der Waals surface area contributed by atoms with Gasteiger partial charge in [-0.1, -0.05) is 46.7 Å². The largest absolute Gasteiger partial charge is 0.103 e. The first kappa shape index (κ1) is 11.0. The summed E-state index contributed by atoms with van der Waals surface area (Å²) in [6.45, 7) is 15.4. The van der Waals surface area contributed by atoms with Crippen molar-refractivity contribution in [1.29, 1.82) is 0 Å². The van der Waals surface area contributed by atoms with Crippen molar-refractivity contribution in [2.24, 2.45) is 5.41 Å². The molecule has 0 unspecified atom stereocenters. The maximum absolute atomic E-state index is 3.86. The Hall–Kier alpha value is -0.0431. The molecule has 0 aliphatic carbocycles. The van der Waals surface area contributed by atoms with Crippen LogP contribution in [0.4, 0.5) is 0 Å². The average Bonchev–Trinajstić information content (AvgIpc) is 1.83. The summed E-state index contributed by atoms with van der Waals surface area (Å²) in [5, 5.41) is 0.598. The molecule has 0 spiro atoms. The third kappa shape index (κ3) is 6.36. The minimum Gasteiger partial charge on any atom is -0.103 e. The second kappa shape index (κ2) is 3.57. The third-order valence-electron chi connectivity index (χ3n) is 2.07. The molecule has 0 rings (SSSR count). The van der Waals surface area contributed by atoms with Crippen LogP contribution in [-0.2, 0) is 0 Å². The molecule has 0 heterocycles. The van der Waals surface area contributed by atoms with Crippen LogP contribution < -0.4 is 0 Å². The molecular formula is C10H22Si. The van der Waals surface area contributed by atoms with Crippen LogP contribution in [0.2, 0.25) is 11.1 Å². The minimum atomic E-state index is 0.0632. The van der Waals surface area contributed by atoms with Gasteiger partial charge in [0.15, 0.2) is 0 Å². The maximum Gasteiger partial charge on any atom is 0.0268 e. The lowest BCUT2D eigenvalue weighted by Gasteiger charge is -2.25. The molecule has 0 aromatic rings. The Morgan fingerprint density at radius 3 is 1.91 bits per heavy atom. The van der Waals surface area contributed by atoms with E-state index in [1.165, 1.54) is 6.04 Å². The fraction of sp³-hybridized carbons (Fsp3) is 0.800. The zero-order valence-corrected chi connectivity index (χ0v) is 10.1. The van der Waals surface area contributed by atoms with Gasteiger partial charge in [-0.05, 0) is 10.5 Å². The van der Waals surface area contributed by atoms with E-state index in [2.05, 4.69) is 47.3 Å². The highest BCUT2D eigenvalue weighted by molar-refractivity contribution is 6.39. The fourth-order valence-corrected chi connectivity index (χ4v) is 2.40. The van der Waals surface area contributed by atoms with Gasteiger partial charge in [-0.3, -0.25) is 0 Å². The standard InChI is InChI=1S/C10H22Si/c1-7-10(5,6)8-11-9(2,3)4/h7H,1,8,11H2,2-6H3. The van der Waals surface area contributed by atoms with E-state index >= 15 is 0 Å². The van der Waals surface area contributed by atoms with Gasteiger partial charge in [0.1, 0.15) is 0 Å². The fourth-order valence-electron chi connectivity index (χ4n) is 0.799. The van der Waals surface area contributed by atoms with Crippen LogP contribution in [0.25, 0.3) is 0 Å². The van der Waals surface area contributed by atoms with Crippen molar-refractivity contribution in [3.05, 3.63) is 12.7 Å². The van der Waals surface area contributed by atoms with Crippen LogP contribution in [0.15, 0.2) is 12.7 Å². The van der Waals surface area contributed by atoms with Crippen molar-refractivity contribution < 1.29 is 0 Å². The molecule has 0 N–H and O–H groups in total. The molecule has 0 aliphatic rings. The highest BCUT2D eigenvalue weighted by atomic mass is 28.2. The van der Waals surface area contributed by atoms with Gasteiger partial charge in [-0.25, -0.2) is 0 Å². The van der Waals surface area contributed by atoms with Crippen LogP contribution in [-0.4, -0.2) is 9.52 Å². The highest BCUT2D eigenvalue weighted by Gasteiger charge is 2.18. The average molecular weight is 170 g/mol. The lowest BCUT2D eigenvalue weighted by molar-refractivity contribution is 0.534. The zero-order valence-electron chi connectivity index (χ0n) is 8.70. The van der Waals surface area contributed by atoms with E-state index in [-0.39, 0.29) is 9.52 Å². The first-order valence-electron chi connectivity index (χ1n) is 4.40. The third-order valence-corrected chi connectivity index (χ3v) is 5.11. The van der Waals surface area contributed by atoms with Crippen molar-refractivity contribution in [2.75, 3.05) is 0 Å². The van der Waals surface area contributed by atoms with Crippen molar-refractivity contribution in [3.8, 4) is 0 Å². The second-order valence-corrected chi connectivity index (χ2v) is 8.37. The Morgan fingerprint density at radius 2 is 1.64 bits per heavy atom. The summed E-state index contributed by atoms with van der Waals surface area (Å²) >= 11 is 0. The summed E-state index contributed by atoms with van der Waals surface area (Å²) in [6.07, 6.45) is 2.09. The highest BCUT2D eigenvalue weighted by Crippen LogP contribution is 2.29. The quantitative estimate of drug-likeness (QED) is 0.451. The van der Waals surface area contributed by atoms with Crippen molar-refractivity contribution in [3.63, 3.8) is 0 Å². The lowest BCUT2D eigenvalue weighted by atomic mass is 9.97. The van der Waals surface area contributed by atoms with E-state index in [1.807, 2.05) is 0 Å². The van der Waals surface area contributed by atoms with Crippen LogP contribution >= 0.6 is 0 Å². The number of rotatable bonds is 3. The molecule has 0 saturated heterocycles. The second-order valence-electron chi connectivity index (χ2n) is 5.25. The van der Waals surface area contributed by atoms with Crippen molar-refractivity contribution in [2.45, 2.75) is 45.7 Å². The Labute approximate surface area is 73.9 Å². The van der Waals surface area contributed by atoms with Gasteiger partial charge in [-0.15, -0.1) is 6.58 Å². The van der Waals surface area contributed by atoms with Gasteiger partial charge in [0.2, 0.25) is 0 Å². The van der Waals surface area contributed by atoms with Gasteiger partial charge in [-0.2, -0.15) is 0 Å². The summed E-state index contributed by atoms with van der Waals surface area (Å²) in [5.41, 5.74) is 0.375. The SMILES string of the molecule is C=CC(C)(C)C[SiH2]C(C)(C)C. The summed E-state index contributed by atoms with van der Waals surface area (Å²) < 4.78 is 0. The van der Waals surface area contributed by atoms with Crippen molar-refractivity contribution in [1.82, 2.24) is 0 Å². The van der Waals surface area contributed by atoms with Gasteiger partial charge < -0.3 is 0 Å². The molecule has 0 aromatic carbocycles. The molecule has 0 aliphatic heterocycles. The molecule has 11 heavy (non-hydrogen) atoms. The molecule has 0 fully saturated rings.